The molecule has 4 heterocycles. The summed E-state index contributed by atoms with van der Waals surface area (Å²) >= 11 is 0. The van der Waals surface area contributed by atoms with Crippen molar-refractivity contribution in [2.75, 3.05) is 39.5 Å². The number of carboxylic acids is 1. The number of halogens is 2. The molecule has 0 atom stereocenters. The highest BCUT2D eigenvalue weighted by atomic mass is 19.1. The predicted octanol–water partition coefficient (Wildman–Crippen LogP) is 13.9. The molecule has 0 saturated carbocycles. The van der Waals surface area contributed by atoms with Gasteiger partial charge in [-0.3, -0.25) is 29.1 Å². The minimum absolute atomic E-state index is 0.0406. The number of rotatable bonds is 22. The molecule has 0 bridgehead atoms. The van der Waals surface area contributed by atoms with Gasteiger partial charge in [-0.15, -0.1) is 0 Å². The van der Waals surface area contributed by atoms with Crippen LogP contribution < -0.4 is 18.9 Å². The summed E-state index contributed by atoms with van der Waals surface area (Å²) in [7, 11) is 0. The Morgan fingerprint density at radius 3 is 1.42 bits per heavy atom. The van der Waals surface area contributed by atoms with Gasteiger partial charge in [0.15, 0.2) is 0 Å². The van der Waals surface area contributed by atoms with E-state index in [0.717, 1.165) is 106 Å². The van der Waals surface area contributed by atoms with Crippen LogP contribution in [0.15, 0.2) is 122 Å². The van der Waals surface area contributed by atoms with E-state index in [0.29, 0.717) is 83.3 Å². The third-order valence-corrected chi connectivity index (χ3v) is 15.6. The van der Waals surface area contributed by atoms with E-state index in [1.54, 1.807) is 42.7 Å². The Morgan fingerprint density at radius 2 is 0.988 bits per heavy atom. The average molecular weight is 1140 g/mol. The molecule has 0 aliphatic carbocycles. The summed E-state index contributed by atoms with van der Waals surface area (Å²) in [4.78, 5) is 59.8. The van der Waals surface area contributed by atoms with Crippen LogP contribution in [0.1, 0.15) is 94.2 Å². The molecule has 15 heteroatoms. The molecular weight excluding hydrogens is 1070 g/mol. The highest BCUT2D eigenvalue weighted by Crippen LogP contribution is 2.39. The Bertz CT molecular complexity index is 3740. The minimum atomic E-state index is -0.847. The van der Waals surface area contributed by atoms with Crippen molar-refractivity contribution in [1.29, 1.82) is 0 Å². The second-order valence-electron chi connectivity index (χ2n) is 22.4. The van der Waals surface area contributed by atoms with Crippen LogP contribution in [0.2, 0.25) is 0 Å². The fraction of sp³-hybridized carbons (Fsp3) is 0.333. The highest BCUT2D eigenvalue weighted by molar-refractivity contribution is 5.89. The number of aliphatic carboxylic acids is 1. The van der Waals surface area contributed by atoms with Gasteiger partial charge < -0.3 is 33.7 Å². The lowest BCUT2D eigenvalue weighted by atomic mass is 9.77. The zero-order valence-corrected chi connectivity index (χ0v) is 48.6. The number of amides is 1. The van der Waals surface area contributed by atoms with Crippen molar-refractivity contribution in [1.82, 2.24) is 14.9 Å². The minimum Gasteiger partial charge on any atom is -0.493 e. The summed E-state index contributed by atoms with van der Waals surface area (Å²) in [6.07, 6.45) is 7.60. The summed E-state index contributed by atoms with van der Waals surface area (Å²) in [6.45, 7) is 15.6. The van der Waals surface area contributed by atoms with E-state index >= 15 is 0 Å². The molecule has 13 nitrogen and oxygen atoms in total. The molecule has 2 saturated heterocycles. The molecule has 2 fully saturated rings. The predicted molar refractivity (Wildman–Crippen MR) is 319 cm³/mol. The molecule has 2 aliphatic rings. The first-order valence-corrected chi connectivity index (χ1v) is 28.6. The number of carbonyl (C=O) groups excluding carboxylic acids is 3. The maximum absolute atomic E-state index is 14.2. The van der Waals surface area contributed by atoms with Crippen molar-refractivity contribution in [3.63, 3.8) is 0 Å². The maximum Gasteiger partial charge on any atom is 0.303 e. The van der Waals surface area contributed by atoms with E-state index in [1.165, 1.54) is 12.1 Å². The van der Waals surface area contributed by atoms with Crippen molar-refractivity contribution in [2.24, 2.45) is 5.41 Å². The number of aryl methyl sites for hydroxylation is 6. The molecule has 1 N–H and O–H groups in total. The highest BCUT2D eigenvalue weighted by Gasteiger charge is 2.41. The smallest absolute Gasteiger partial charge is 0.303 e. The number of ketones is 2. The Balaban J connectivity index is 0.000000205. The number of carbonyl (C=O) groups is 4. The van der Waals surface area contributed by atoms with E-state index in [9.17, 15) is 28.0 Å². The Morgan fingerprint density at radius 1 is 0.536 bits per heavy atom. The van der Waals surface area contributed by atoms with Gasteiger partial charge in [0.25, 0.3) is 0 Å². The third-order valence-electron chi connectivity index (χ3n) is 15.6. The molecular formula is C69H71F2N3O10. The van der Waals surface area contributed by atoms with E-state index < -0.39 is 5.97 Å². The number of likely N-dealkylation sites (tertiary alicyclic amines) is 1. The quantitative estimate of drug-likeness (QED) is 0.0640. The van der Waals surface area contributed by atoms with Gasteiger partial charge in [0, 0.05) is 92.3 Å². The zero-order chi connectivity index (χ0) is 59.5. The molecule has 2 aromatic heterocycles. The second kappa shape index (κ2) is 27.2. The van der Waals surface area contributed by atoms with Crippen LogP contribution in [0, 0.1) is 58.6 Å². The Kier molecular flexibility index (Phi) is 19.5. The number of Topliss-reactive ketones (excluding diaryl/α,β-unsaturated/α-hetero) is 2. The van der Waals surface area contributed by atoms with Gasteiger partial charge in [-0.2, -0.15) is 0 Å². The molecule has 8 aromatic rings. The van der Waals surface area contributed by atoms with Crippen LogP contribution in [0.25, 0.3) is 21.8 Å². The normalized spacial score (nSPS) is 13.5. The lowest BCUT2D eigenvalue weighted by molar-refractivity contribution is -0.153. The number of benzene rings is 6. The van der Waals surface area contributed by atoms with E-state index in [4.69, 9.17) is 28.8 Å². The van der Waals surface area contributed by atoms with Gasteiger partial charge >= 0.3 is 5.97 Å². The third kappa shape index (κ3) is 15.5. The summed E-state index contributed by atoms with van der Waals surface area (Å²) in [6, 6.07) is 32.2. The Hall–Kier alpha value is -8.56. The number of hydrogen-bond donors (Lipinski definition) is 1. The molecule has 0 unspecified atom stereocenters. The van der Waals surface area contributed by atoms with Crippen LogP contribution in [0.5, 0.6) is 34.5 Å². The zero-order valence-electron chi connectivity index (χ0n) is 48.6. The van der Waals surface area contributed by atoms with Crippen molar-refractivity contribution in [3.05, 3.63) is 189 Å². The number of ether oxygens (including phenoxy) is 5. The second-order valence-corrected chi connectivity index (χ2v) is 22.4. The number of carboxylic acid groups (broad SMARTS) is 1. The van der Waals surface area contributed by atoms with Crippen LogP contribution in [0.4, 0.5) is 8.78 Å². The number of piperidine rings is 1. The van der Waals surface area contributed by atoms with Gasteiger partial charge in [-0.25, -0.2) is 8.78 Å². The van der Waals surface area contributed by atoms with Crippen LogP contribution in [0.3, 0.4) is 0 Å². The first kappa shape index (κ1) is 60.0. The van der Waals surface area contributed by atoms with Gasteiger partial charge in [-0.1, -0.05) is 47.5 Å². The molecule has 84 heavy (non-hydrogen) atoms. The number of nitrogens with zero attached hydrogens (tertiary/aromatic N) is 3. The van der Waals surface area contributed by atoms with E-state index in [2.05, 4.69) is 9.97 Å². The van der Waals surface area contributed by atoms with E-state index in [-0.39, 0.29) is 61.2 Å². The van der Waals surface area contributed by atoms with Gasteiger partial charge in [0.1, 0.15) is 57.7 Å². The lowest BCUT2D eigenvalue weighted by Gasteiger charge is -2.47. The number of aromatic nitrogens is 2. The van der Waals surface area contributed by atoms with Gasteiger partial charge in [0.05, 0.1) is 37.5 Å². The molecule has 10 rings (SSSR count). The van der Waals surface area contributed by atoms with Crippen molar-refractivity contribution >= 4 is 45.2 Å². The SMILES string of the molecule is Cc1ccc(F)c(CC(=O)Cc2ccc(Oc3ccnc4cc(OCCCC(=O)N5CCC6(CC5)COC6)c(C)cc34)cc2C)c1.Cc1ccc(F)c(CC(=O)Cc2ccc(Oc3ccnc4cc(OCCCC(=O)O)c(C)cc34)cc2C)c1. The fourth-order valence-corrected chi connectivity index (χ4v) is 10.6. The molecule has 2 aliphatic heterocycles. The van der Waals surface area contributed by atoms with Crippen molar-refractivity contribution < 1.29 is 56.7 Å². The topological polar surface area (TPSA) is 164 Å². The van der Waals surface area contributed by atoms with Gasteiger partial charge in [0.2, 0.25) is 5.91 Å². The average Bonchev–Trinajstić information content (AvgIpc) is 3.66. The molecule has 436 valence electrons. The monoisotopic (exact) mass is 1140 g/mol. The molecule has 1 spiro atoms. The summed E-state index contributed by atoms with van der Waals surface area (Å²) in [5.74, 6) is 2.52. The number of hydrogen-bond acceptors (Lipinski definition) is 11. The van der Waals surface area contributed by atoms with Crippen LogP contribution in [-0.4, -0.2) is 82.9 Å². The summed E-state index contributed by atoms with van der Waals surface area (Å²) < 4.78 is 58.0. The number of pyridine rings is 2. The van der Waals surface area contributed by atoms with Crippen LogP contribution in [-0.2, 0) is 49.6 Å². The van der Waals surface area contributed by atoms with Crippen LogP contribution >= 0.6 is 0 Å². The molecule has 6 aromatic carbocycles. The number of fused-ring (bicyclic) bond motifs is 2. The maximum atomic E-state index is 14.2. The van der Waals surface area contributed by atoms with Crippen molar-refractivity contribution in [2.45, 2.75) is 106 Å². The Labute approximate surface area is 488 Å². The summed E-state index contributed by atoms with van der Waals surface area (Å²) in [5, 5.41) is 10.5. The largest absolute Gasteiger partial charge is 0.493 e. The molecule has 1 amide bonds. The molecule has 0 radical (unpaired) electrons. The fourth-order valence-electron chi connectivity index (χ4n) is 10.6. The van der Waals surface area contributed by atoms with Crippen molar-refractivity contribution in [3.8, 4) is 34.5 Å². The summed E-state index contributed by atoms with van der Waals surface area (Å²) in [5.41, 5.74) is 9.90. The first-order chi connectivity index (χ1) is 40.4. The first-order valence-electron chi connectivity index (χ1n) is 28.6. The van der Waals surface area contributed by atoms with E-state index in [1.807, 2.05) is 113 Å². The lowest BCUT2D eigenvalue weighted by Crippen LogP contribution is -2.52. The van der Waals surface area contributed by atoms with Gasteiger partial charge in [-0.05, 0) is 172 Å². The standard InChI is InChI=1S/C38H41FN2O5.C31H30FNO5/c1-25-6-9-33(39)29(17-25)21-30(42)20-28-7-8-31(18-26(28)2)46-35-10-13-40-34-22-36(27(3)19-32(34)35)45-16-4-5-37(43)41-14-11-38(12-15-41)23-44-24-38;1-19-6-9-27(32)23(13-19)17-24(34)16-22-7-8-25(14-20(22)2)38-29-10-11-33-28-18-30(21(3)15-26(28)29)37-12-4-5-31(35)36/h6-10,13,17-19,22H,4-5,11-12,14-16,20-21,23-24H2,1-3H3;6-11,13-15,18H,4-5,12,16-17H2,1-3H3,(H,35,36).